The molecular weight excluding hydrogens is 140 g/mol. The third-order valence-electron chi connectivity index (χ3n) is 1.53. The van der Waals surface area contributed by atoms with Gasteiger partial charge in [-0.1, -0.05) is 0 Å². The van der Waals surface area contributed by atoms with Crippen molar-refractivity contribution in [3.05, 3.63) is 30.7 Å². The van der Waals surface area contributed by atoms with E-state index in [1.807, 2.05) is 19.2 Å². The number of hydrogen-bond acceptors (Lipinski definition) is 2. The Balaban J connectivity index is 2.53. The second kappa shape index (κ2) is 2.27. The van der Waals surface area contributed by atoms with Crippen LogP contribution in [0.25, 0.3) is 11.5 Å². The van der Waals surface area contributed by atoms with Crippen LogP contribution >= 0.6 is 0 Å². The van der Waals surface area contributed by atoms with Gasteiger partial charge in [0.05, 0.1) is 6.26 Å². The smallest absolute Gasteiger partial charge is 0.151 e. The molecule has 2 aromatic rings. The maximum absolute atomic E-state index is 5.18. The average molecular weight is 147 g/mol. The van der Waals surface area contributed by atoms with Crippen molar-refractivity contribution in [1.29, 1.82) is 0 Å². The van der Waals surface area contributed by atoms with Crippen molar-refractivity contribution in [3.8, 4) is 11.5 Å². The Morgan fingerprint density at radius 1 is 1.64 bits per heavy atom. The number of rotatable bonds is 1. The summed E-state index contributed by atoms with van der Waals surface area (Å²) in [7, 11) is 1.86. The second-order valence-electron chi connectivity index (χ2n) is 2.26. The lowest BCUT2D eigenvalue weighted by Gasteiger charge is -1.94. The van der Waals surface area contributed by atoms with Crippen LogP contribution < -0.4 is 0 Å². The molecule has 0 aromatic carbocycles. The van der Waals surface area contributed by atoms with E-state index in [1.54, 1.807) is 17.0 Å². The van der Waals surface area contributed by atoms with Gasteiger partial charge in [0, 0.05) is 7.05 Å². The van der Waals surface area contributed by atoms with Crippen LogP contribution in [0.4, 0.5) is 0 Å². The monoisotopic (exact) mass is 147 g/mol. The first-order valence-corrected chi connectivity index (χ1v) is 3.32. The van der Waals surface area contributed by atoms with E-state index in [4.69, 9.17) is 4.42 Å². The van der Waals surface area contributed by atoms with Gasteiger partial charge in [0.25, 0.3) is 0 Å². The Kier molecular flexibility index (Phi) is 1.28. The first-order chi connectivity index (χ1) is 5.38. The number of hydrogen-bond donors (Lipinski definition) is 0. The van der Waals surface area contributed by atoms with E-state index >= 15 is 0 Å². The summed E-state index contributed by atoms with van der Waals surface area (Å²) in [4.78, 5) is 0. The Morgan fingerprint density at radius 2 is 2.55 bits per heavy atom. The van der Waals surface area contributed by atoms with Crippen LogP contribution in [0, 0.1) is 6.20 Å². The molecule has 11 heavy (non-hydrogen) atoms. The lowest BCUT2D eigenvalue weighted by Crippen LogP contribution is -1.91. The fourth-order valence-electron chi connectivity index (χ4n) is 0.979. The maximum Gasteiger partial charge on any atom is 0.151 e. The summed E-state index contributed by atoms with van der Waals surface area (Å²) < 4.78 is 6.90. The zero-order chi connectivity index (χ0) is 7.68. The first-order valence-electron chi connectivity index (χ1n) is 3.32. The van der Waals surface area contributed by atoms with Gasteiger partial charge >= 0.3 is 0 Å². The molecule has 0 saturated carbocycles. The summed E-state index contributed by atoms with van der Waals surface area (Å²) in [5, 5.41) is 3.90. The molecule has 0 aliphatic heterocycles. The highest BCUT2D eigenvalue weighted by Gasteiger charge is 2.03. The van der Waals surface area contributed by atoms with E-state index in [2.05, 4.69) is 11.3 Å². The third kappa shape index (κ3) is 0.941. The summed E-state index contributed by atoms with van der Waals surface area (Å²) in [6, 6.07) is 5.53. The van der Waals surface area contributed by atoms with Gasteiger partial charge in [0.1, 0.15) is 11.9 Å². The minimum atomic E-state index is 0.821. The van der Waals surface area contributed by atoms with Gasteiger partial charge in [0.15, 0.2) is 5.76 Å². The summed E-state index contributed by atoms with van der Waals surface area (Å²) in [6.07, 6.45) is 4.38. The molecule has 0 unspecified atom stereocenters. The van der Waals surface area contributed by atoms with E-state index < -0.39 is 0 Å². The molecule has 2 aromatic heterocycles. The lowest BCUT2D eigenvalue weighted by atomic mass is 10.3. The van der Waals surface area contributed by atoms with Crippen molar-refractivity contribution < 1.29 is 4.42 Å². The van der Waals surface area contributed by atoms with Crippen molar-refractivity contribution in [2.45, 2.75) is 0 Å². The van der Waals surface area contributed by atoms with E-state index in [0.29, 0.717) is 0 Å². The van der Waals surface area contributed by atoms with Crippen LogP contribution in [0.5, 0.6) is 0 Å². The van der Waals surface area contributed by atoms with Gasteiger partial charge in [-0.25, -0.2) is 0 Å². The molecule has 3 nitrogen and oxygen atoms in total. The highest BCUT2D eigenvalue weighted by atomic mass is 16.3. The number of furan rings is 1. The molecule has 55 valence electrons. The lowest BCUT2D eigenvalue weighted by molar-refractivity contribution is 0.573. The van der Waals surface area contributed by atoms with Crippen LogP contribution in [-0.2, 0) is 7.05 Å². The quantitative estimate of drug-likeness (QED) is 0.611. The van der Waals surface area contributed by atoms with Gasteiger partial charge in [-0.05, 0) is 18.2 Å². The number of nitrogens with zero attached hydrogens (tertiary/aromatic N) is 2. The highest BCUT2D eigenvalue weighted by Crippen LogP contribution is 2.17. The summed E-state index contributed by atoms with van der Waals surface area (Å²) in [6.45, 7) is 0. The zero-order valence-corrected chi connectivity index (χ0v) is 6.11. The van der Waals surface area contributed by atoms with E-state index in [9.17, 15) is 0 Å². The van der Waals surface area contributed by atoms with Crippen LogP contribution in [0.15, 0.2) is 28.9 Å². The molecule has 0 fully saturated rings. The molecule has 0 amide bonds. The molecule has 0 aliphatic rings. The standard InChI is InChI=1S/C8H7N2O/c1-10-7(4-5-9-10)8-3-2-6-11-8/h2-4,6H,1H3. The fourth-order valence-corrected chi connectivity index (χ4v) is 0.979. The zero-order valence-electron chi connectivity index (χ0n) is 6.11. The normalized spacial score (nSPS) is 10.3. The second-order valence-corrected chi connectivity index (χ2v) is 2.26. The molecular formula is C8H7N2O. The molecule has 2 heterocycles. The van der Waals surface area contributed by atoms with Gasteiger partial charge in [-0.2, -0.15) is 5.10 Å². The van der Waals surface area contributed by atoms with Crippen molar-refractivity contribution in [3.63, 3.8) is 0 Å². The Labute approximate surface area is 64.3 Å². The van der Waals surface area contributed by atoms with Crippen LogP contribution in [0.1, 0.15) is 0 Å². The van der Waals surface area contributed by atoms with Crippen LogP contribution in [-0.4, -0.2) is 9.78 Å². The SMILES string of the molecule is Cn1n[c]cc1-c1ccco1. The van der Waals surface area contributed by atoms with Gasteiger partial charge < -0.3 is 4.42 Å². The molecule has 3 heteroatoms. The van der Waals surface area contributed by atoms with Crippen molar-refractivity contribution in [2.24, 2.45) is 7.05 Å². The topological polar surface area (TPSA) is 31.0 Å². The Hall–Kier alpha value is -1.51. The van der Waals surface area contributed by atoms with Crippen LogP contribution in [0.3, 0.4) is 0 Å². The minimum absolute atomic E-state index is 0.821. The summed E-state index contributed by atoms with van der Waals surface area (Å²) in [5.41, 5.74) is 0.940. The molecule has 0 spiro atoms. The van der Waals surface area contributed by atoms with Crippen molar-refractivity contribution in [1.82, 2.24) is 9.78 Å². The summed E-state index contributed by atoms with van der Waals surface area (Å²) >= 11 is 0. The van der Waals surface area contributed by atoms with Crippen LogP contribution in [0.2, 0.25) is 0 Å². The predicted octanol–water partition coefficient (Wildman–Crippen LogP) is 1.48. The molecule has 2 rings (SSSR count). The molecule has 0 saturated heterocycles. The van der Waals surface area contributed by atoms with Crippen molar-refractivity contribution >= 4 is 0 Å². The van der Waals surface area contributed by atoms with Crippen molar-refractivity contribution in [2.75, 3.05) is 0 Å². The van der Waals surface area contributed by atoms with Gasteiger partial charge in [-0.15, -0.1) is 0 Å². The first kappa shape index (κ1) is 6.22. The maximum atomic E-state index is 5.18. The predicted molar refractivity (Wildman–Crippen MR) is 39.7 cm³/mol. The van der Waals surface area contributed by atoms with E-state index in [1.165, 1.54) is 0 Å². The van der Waals surface area contributed by atoms with E-state index in [0.717, 1.165) is 11.5 Å². The molecule has 0 aliphatic carbocycles. The van der Waals surface area contributed by atoms with Gasteiger partial charge in [-0.3, -0.25) is 4.68 Å². The minimum Gasteiger partial charge on any atom is -0.463 e. The molecule has 0 N–H and O–H groups in total. The third-order valence-corrected chi connectivity index (χ3v) is 1.53. The average Bonchev–Trinajstić information content (AvgIpc) is 2.55. The molecule has 1 radical (unpaired) electrons. The highest BCUT2D eigenvalue weighted by molar-refractivity contribution is 5.50. The molecule has 0 atom stereocenters. The summed E-state index contributed by atoms with van der Waals surface area (Å²) in [5.74, 6) is 0.821. The van der Waals surface area contributed by atoms with Gasteiger partial charge in [0.2, 0.25) is 0 Å². The molecule has 0 bridgehead atoms. The Morgan fingerprint density at radius 3 is 3.09 bits per heavy atom. The number of aryl methyl sites for hydroxylation is 1. The van der Waals surface area contributed by atoms with E-state index in [-0.39, 0.29) is 0 Å². The Bertz CT molecular complexity index is 335. The fraction of sp³-hybridized carbons (Fsp3) is 0.125. The largest absolute Gasteiger partial charge is 0.463 e. The number of aromatic nitrogens is 2.